The molecule has 146 valence electrons. The largest absolute Gasteiger partial charge is 0.495 e. The highest BCUT2D eigenvalue weighted by atomic mass is 32.2. The van der Waals surface area contributed by atoms with E-state index in [1.165, 1.54) is 12.0 Å². The van der Waals surface area contributed by atoms with Gasteiger partial charge in [-0.2, -0.15) is 11.8 Å². The maximum Gasteiger partial charge on any atom is 0.247 e. The van der Waals surface area contributed by atoms with Gasteiger partial charge in [0.15, 0.2) is 0 Å². The first-order valence-electron chi connectivity index (χ1n) is 9.38. The van der Waals surface area contributed by atoms with Gasteiger partial charge < -0.3 is 10.1 Å². The Morgan fingerprint density at radius 1 is 1.22 bits per heavy atom. The number of benzene rings is 1. The lowest BCUT2D eigenvalue weighted by Crippen LogP contribution is -2.48. The molecule has 27 heavy (non-hydrogen) atoms. The van der Waals surface area contributed by atoms with Gasteiger partial charge in [0.25, 0.3) is 0 Å². The minimum atomic E-state index is -0.784. The smallest absolute Gasteiger partial charge is 0.247 e. The number of anilines is 1. The Labute approximate surface area is 164 Å². The second kappa shape index (κ2) is 8.78. The summed E-state index contributed by atoms with van der Waals surface area (Å²) >= 11 is 1.59. The van der Waals surface area contributed by atoms with Gasteiger partial charge in [0.2, 0.25) is 17.7 Å². The Balaban J connectivity index is 1.83. The van der Waals surface area contributed by atoms with Crippen molar-refractivity contribution < 1.29 is 19.1 Å². The summed E-state index contributed by atoms with van der Waals surface area (Å²) in [5.74, 6) is 0.0494. The average Bonchev–Trinajstić information content (AvgIpc) is 2.94. The molecule has 0 unspecified atom stereocenters. The van der Waals surface area contributed by atoms with E-state index in [2.05, 4.69) is 5.32 Å². The summed E-state index contributed by atoms with van der Waals surface area (Å²) in [6.45, 7) is 0. The van der Waals surface area contributed by atoms with Crippen LogP contribution >= 0.6 is 11.8 Å². The van der Waals surface area contributed by atoms with Gasteiger partial charge in [0.1, 0.15) is 11.8 Å². The predicted molar refractivity (Wildman–Crippen MR) is 106 cm³/mol. The van der Waals surface area contributed by atoms with Gasteiger partial charge in [-0.05, 0) is 43.4 Å². The number of carbonyl (C=O) groups excluding carboxylic acids is 3. The van der Waals surface area contributed by atoms with Crippen molar-refractivity contribution in [1.82, 2.24) is 4.90 Å². The van der Waals surface area contributed by atoms with Gasteiger partial charge in [-0.1, -0.05) is 25.0 Å². The summed E-state index contributed by atoms with van der Waals surface area (Å²) in [6.07, 6.45) is 5.82. The molecular weight excluding hydrogens is 364 g/mol. The van der Waals surface area contributed by atoms with E-state index in [1.54, 1.807) is 30.0 Å². The van der Waals surface area contributed by atoms with Crippen molar-refractivity contribution in [2.45, 2.75) is 38.1 Å². The summed E-state index contributed by atoms with van der Waals surface area (Å²) in [4.78, 5) is 40.2. The third-order valence-electron chi connectivity index (χ3n) is 5.45. The molecule has 1 saturated carbocycles. The maximum absolute atomic E-state index is 13.0. The maximum atomic E-state index is 13.0. The number of amides is 3. The molecule has 1 heterocycles. The number of rotatable bonds is 7. The molecule has 0 spiro atoms. The fraction of sp³-hybridized carbons (Fsp3) is 0.550. The van der Waals surface area contributed by atoms with E-state index in [0.29, 0.717) is 23.6 Å². The monoisotopic (exact) mass is 390 g/mol. The average molecular weight is 391 g/mol. The zero-order valence-corrected chi connectivity index (χ0v) is 16.6. The SMILES string of the molecule is COc1ccccc1NC(=O)[C@H](CCSC)N1C(=O)[C@H]2CCCC[C@@H]2C1=O. The fourth-order valence-corrected chi connectivity index (χ4v) is 4.52. The highest BCUT2D eigenvalue weighted by molar-refractivity contribution is 7.98. The van der Waals surface area contributed by atoms with E-state index in [9.17, 15) is 14.4 Å². The Hall–Kier alpha value is -2.02. The second-order valence-corrected chi connectivity index (χ2v) is 8.02. The molecule has 3 atom stereocenters. The Morgan fingerprint density at radius 2 is 1.85 bits per heavy atom. The van der Waals surface area contributed by atoms with Gasteiger partial charge in [-0.3, -0.25) is 19.3 Å². The molecular formula is C20H26N2O4S. The van der Waals surface area contributed by atoms with Crippen LogP contribution in [0.3, 0.4) is 0 Å². The van der Waals surface area contributed by atoms with Crippen LogP contribution in [0.1, 0.15) is 32.1 Å². The van der Waals surface area contributed by atoms with Crippen LogP contribution in [0.4, 0.5) is 5.69 Å². The number of nitrogens with zero attached hydrogens (tertiary/aromatic N) is 1. The Kier molecular flexibility index (Phi) is 6.42. The molecule has 1 aliphatic heterocycles. The molecule has 3 rings (SSSR count). The lowest BCUT2D eigenvalue weighted by molar-refractivity contribution is -0.146. The molecule has 2 fully saturated rings. The number of likely N-dealkylation sites (tertiary alicyclic amines) is 1. The van der Waals surface area contributed by atoms with E-state index < -0.39 is 6.04 Å². The zero-order chi connectivity index (χ0) is 19.4. The molecule has 6 nitrogen and oxygen atoms in total. The molecule has 1 aliphatic carbocycles. The molecule has 1 saturated heterocycles. The molecule has 2 aliphatic rings. The van der Waals surface area contributed by atoms with Crippen LogP contribution in [0.15, 0.2) is 24.3 Å². The summed E-state index contributed by atoms with van der Waals surface area (Å²) in [5.41, 5.74) is 0.538. The van der Waals surface area contributed by atoms with Crippen molar-refractivity contribution >= 4 is 35.2 Å². The van der Waals surface area contributed by atoms with Gasteiger partial charge >= 0.3 is 0 Å². The van der Waals surface area contributed by atoms with Crippen LogP contribution in [-0.2, 0) is 14.4 Å². The number of fused-ring (bicyclic) bond motifs is 1. The van der Waals surface area contributed by atoms with Crippen molar-refractivity contribution in [3.05, 3.63) is 24.3 Å². The van der Waals surface area contributed by atoms with Crippen molar-refractivity contribution in [3.8, 4) is 5.75 Å². The highest BCUT2D eigenvalue weighted by Gasteiger charge is 2.51. The molecule has 7 heteroatoms. The van der Waals surface area contributed by atoms with Crippen LogP contribution in [-0.4, -0.2) is 47.8 Å². The van der Waals surface area contributed by atoms with Crippen molar-refractivity contribution in [3.63, 3.8) is 0 Å². The van der Waals surface area contributed by atoms with Crippen LogP contribution < -0.4 is 10.1 Å². The first-order valence-corrected chi connectivity index (χ1v) is 10.8. The number of carbonyl (C=O) groups is 3. The normalized spacial score (nSPS) is 23.1. The number of para-hydroxylation sites is 2. The van der Waals surface area contributed by atoms with Crippen LogP contribution in [0, 0.1) is 11.8 Å². The standard InChI is InChI=1S/C20H26N2O4S/c1-26-17-10-6-5-9-15(17)21-18(23)16(11-12-27-2)22-19(24)13-7-3-4-8-14(13)20(22)25/h5-6,9-10,13-14,16H,3-4,7-8,11-12H2,1-2H3,(H,21,23)/t13-,14-,16-/m0/s1. The summed E-state index contributed by atoms with van der Waals surface area (Å²) in [5, 5.41) is 2.85. The number of hydrogen-bond acceptors (Lipinski definition) is 5. The van der Waals surface area contributed by atoms with Crippen molar-refractivity contribution in [1.29, 1.82) is 0 Å². The number of thioether (sulfide) groups is 1. The molecule has 3 amide bonds. The van der Waals surface area contributed by atoms with E-state index >= 15 is 0 Å². The molecule has 1 aromatic rings. The number of nitrogens with one attached hydrogen (secondary N) is 1. The van der Waals surface area contributed by atoms with E-state index in [4.69, 9.17) is 4.74 Å². The van der Waals surface area contributed by atoms with E-state index in [1.807, 2.05) is 12.3 Å². The van der Waals surface area contributed by atoms with Crippen LogP contribution in [0.5, 0.6) is 5.75 Å². The van der Waals surface area contributed by atoms with Crippen LogP contribution in [0.2, 0.25) is 0 Å². The van der Waals surface area contributed by atoms with Crippen molar-refractivity contribution in [2.75, 3.05) is 24.4 Å². The summed E-state index contributed by atoms with van der Waals surface area (Å²) < 4.78 is 5.29. The fourth-order valence-electron chi connectivity index (χ4n) is 4.07. The highest BCUT2D eigenvalue weighted by Crippen LogP contribution is 2.39. The number of imide groups is 1. The minimum Gasteiger partial charge on any atom is -0.495 e. The Morgan fingerprint density at radius 3 is 2.44 bits per heavy atom. The van der Waals surface area contributed by atoms with E-state index in [-0.39, 0.29) is 29.6 Å². The first kappa shape index (κ1) is 19.7. The zero-order valence-electron chi connectivity index (χ0n) is 15.8. The quantitative estimate of drug-likeness (QED) is 0.725. The number of hydrogen-bond donors (Lipinski definition) is 1. The molecule has 0 radical (unpaired) electrons. The molecule has 0 bridgehead atoms. The van der Waals surface area contributed by atoms with Gasteiger partial charge in [0.05, 0.1) is 24.6 Å². The minimum absolute atomic E-state index is 0.175. The third-order valence-corrected chi connectivity index (χ3v) is 6.09. The molecule has 1 N–H and O–H groups in total. The topological polar surface area (TPSA) is 75.7 Å². The second-order valence-electron chi connectivity index (χ2n) is 7.03. The Bertz CT molecular complexity index is 700. The summed E-state index contributed by atoms with van der Waals surface area (Å²) in [6, 6.07) is 6.34. The lowest BCUT2D eigenvalue weighted by Gasteiger charge is -2.26. The van der Waals surface area contributed by atoms with Gasteiger partial charge in [0, 0.05) is 0 Å². The molecule has 1 aromatic carbocycles. The number of methoxy groups -OCH3 is 1. The molecule has 0 aromatic heterocycles. The predicted octanol–water partition coefficient (Wildman–Crippen LogP) is 2.93. The number of ether oxygens (including phenoxy) is 1. The van der Waals surface area contributed by atoms with Crippen molar-refractivity contribution in [2.24, 2.45) is 11.8 Å². The van der Waals surface area contributed by atoms with Gasteiger partial charge in [-0.15, -0.1) is 0 Å². The van der Waals surface area contributed by atoms with E-state index in [0.717, 1.165) is 25.7 Å². The van der Waals surface area contributed by atoms with Gasteiger partial charge in [-0.25, -0.2) is 0 Å². The summed E-state index contributed by atoms with van der Waals surface area (Å²) in [7, 11) is 1.54. The first-order chi connectivity index (χ1) is 13.1. The lowest BCUT2D eigenvalue weighted by atomic mass is 9.81. The third kappa shape index (κ3) is 3.98. The van der Waals surface area contributed by atoms with Crippen LogP contribution in [0.25, 0.3) is 0 Å².